The second-order valence-electron chi connectivity index (χ2n) is 4.54. The molecule has 100 valence electrons. The lowest BCUT2D eigenvalue weighted by atomic mass is 10.1. The summed E-state index contributed by atoms with van der Waals surface area (Å²) in [5, 5.41) is 12.8. The van der Waals surface area contributed by atoms with Gasteiger partial charge in [-0.15, -0.1) is 0 Å². The average Bonchev–Trinajstić information content (AvgIpc) is 2.36. The van der Waals surface area contributed by atoms with Crippen LogP contribution in [0, 0.1) is 5.82 Å². The van der Waals surface area contributed by atoms with E-state index in [2.05, 4.69) is 5.32 Å². The summed E-state index contributed by atoms with van der Waals surface area (Å²) in [6.45, 7) is 2.02. The normalized spacial score (nSPS) is 12.2. The average molecular weight is 280 g/mol. The van der Waals surface area contributed by atoms with Gasteiger partial charge in [-0.1, -0.05) is 23.7 Å². The Labute approximate surface area is 116 Å². The maximum atomic E-state index is 12.9. The number of phenolic OH excluding ortho intramolecular Hbond substituents is 1. The van der Waals surface area contributed by atoms with Crippen LogP contribution in [0.2, 0.25) is 5.02 Å². The molecule has 19 heavy (non-hydrogen) atoms. The minimum Gasteiger partial charge on any atom is -0.508 e. The lowest BCUT2D eigenvalue weighted by Gasteiger charge is -2.16. The number of rotatable bonds is 4. The fourth-order valence-electron chi connectivity index (χ4n) is 1.91. The number of halogens is 2. The number of hydrogen-bond donors (Lipinski definition) is 2. The highest BCUT2D eigenvalue weighted by atomic mass is 35.5. The molecule has 0 aliphatic carbocycles. The largest absolute Gasteiger partial charge is 0.508 e. The van der Waals surface area contributed by atoms with E-state index in [4.69, 9.17) is 11.6 Å². The molecule has 0 saturated carbocycles. The van der Waals surface area contributed by atoms with E-state index in [9.17, 15) is 9.50 Å². The van der Waals surface area contributed by atoms with Crippen molar-refractivity contribution in [2.75, 3.05) is 5.32 Å². The van der Waals surface area contributed by atoms with Crippen LogP contribution in [-0.4, -0.2) is 11.1 Å². The van der Waals surface area contributed by atoms with Crippen molar-refractivity contribution >= 4 is 17.3 Å². The van der Waals surface area contributed by atoms with Crippen LogP contribution in [0.5, 0.6) is 5.75 Å². The first-order valence-electron chi connectivity index (χ1n) is 6.04. The van der Waals surface area contributed by atoms with Crippen LogP contribution in [-0.2, 0) is 6.42 Å². The van der Waals surface area contributed by atoms with Gasteiger partial charge in [-0.25, -0.2) is 4.39 Å². The van der Waals surface area contributed by atoms with E-state index in [-0.39, 0.29) is 17.6 Å². The Kier molecular flexibility index (Phi) is 4.27. The monoisotopic (exact) mass is 279 g/mol. The summed E-state index contributed by atoms with van der Waals surface area (Å²) < 4.78 is 12.9. The highest BCUT2D eigenvalue weighted by molar-refractivity contribution is 6.33. The Morgan fingerprint density at radius 1 is 1.21 bits per heavy atom. The molecule has 1 unspecified atom stereocenters. The Morgan fingerprint density at radius 3 is 2.53 bits per heavy atom. The quantitative estimate of drug-likeness (QED) is 0.878. The van der Waals surface area contributed by atoms with E-state index < -0.39 is 0 Å². The zero-order chi connectivity index (χ0) is 13.8. The molecule has 4 heteroatoms. The van der Waals surface area contributed by atoms with E-state index in [0.29, 0.717) is 10.7 Å². The molecule has 0 heterocycles. The molecule has 1 atom stereocenters. The van der Waals surface area contributed by atoms with Gasteiger partial charge in [0.1, 0.15) is 11.6 Å². The molecule has 0 fully saturated rings. The van der Waals surface area contributed by atoms with Crippen molar-refractivity contribution in [1.29, 1.82) is 0 Å². The fraction of sp³-hybridized carbons (Fsp3) is 0.200. The number of benzene rings is 2. The van der Waals surface area contributed by atoms with Crippen LogP contribution in [0.15, 0.2) is 42.5 Å². The maximum absolute atomic E-state index is 12.9. The predicted octanol–water partition coefficient (Wildman–Crippen LogP) is 4.23. The second kappa shape index (κ2) is 5.93. The minimum atomic E-state index is -0.346. The summed E-state index contributed by atoms with van der Waals surface area (Å²) >= 11 is 5.96. The third kappa shape index (κ3) is 3.86. The summed E-state index contributed by atoms with van der Waals surface area (Å²) in [7, 11) is 0. The molecule has 2 nitrogen and oxygen atoms in total. The zero-order valence-corrected chi connectivity index (χ0v) is 11.3. The number of aromatic hydroxyl groups is 1. The Morgan fingerprint density at radius 2 is 1.89 bits per heavy atom. The van der Waals surface area contributed by atoms with Gasteiger partial charge in [0.15, 0.2) is 0 Å². The topological polar surface area (TPSA) is 32.3 Å². The molecular formula is C15H15ClFNO. The van der Waals surface area contributed by atoms with Gasteiger partial charge in [0.2, 0.25) is 0 Å². The lowest BCUT2D eigenvalue weighted by Crippen LogP contribution is -2.18. The van der Waals surface area contributed by atoms with Crippen molar-refractivity contribution in [2.24, 2.45) is 0 Å². The first-order valence-corrected chi connectivity index (χ1v) is 6.42. The van der Waals surface area contributed by atoms with Crippen LogP contribution in [0.4, 0.5) is 10.1 Å². The smallest absolute Gasteiger partial charge is 0.124 e. The maximum Gasteiger partial charge on any atom is 0.124 e. The molecule has 2 rings (SSSR count). The second-order valence-corrected chi connectivity index (χ2v) is 4.95. The molecule has 0 spiro atoms. The van der Waals surface area contributed by atoms with E-state index in [1.165, 1.54) is 12.1 Å². The van der Waals surface area contributed by atoms with Crippen LogP contribution >= 0.6 is 11.6 Å². The molecule has 0 radical (unpaired) electrons. The van der Waals surface area contributed by atoms with Crippen LogP contribution in [0.25, 0.3) is 0 Å². The molecule has 0 aliphatic heterocycles. The highest BCUT2D eigenvalue weighted by Crippen LogP contribution is 2.23. The summed E-state index contributed by atoms with van der Waals surface area (Å²) in [6, 6.07) is 11.5. The van der Waals surface area contributed by atoms with Gasteiger partial charge in [-0.05, 0) is 49.2 Å². The van der Waals surface area contributed by atoms with Gasteiger partial charge in [0.25, 0.3) is 0 Å². The molecule has 2 N–H and O–H groups in total. The Hall–Kier alpha value is -1.74. The minimum absolute atomic E-state index is 0.146. The lowest BCUT2D eigenvalue weighted by molar-refractivity contribution is 0.475. The van der Waals surface area contributed by atoms with Gasteiger partial charge in [-0.2, -0.15) is 0 Å². The Balaban J connectivity index is 2.01. The molecule has 0 aromatic heterocycles. The van der Waals surface area contributed by atoms with E-state index in [0.717, 1.165) is 12.0 Å². The van der Waals surface area contributed by atoms with E-state index in [1.807, 2.05) is 19.1 Å². The van der Waals surface area contributed by atoms with E-state index in [1.54, 1.807) is 18.2 Å². The van der Waals surface area contributed by atoms with Gasteiger partial charge >= 0.3 is 0 Å². The van der Waals surface area contributed by atoms with Crippen molar-refractivity contribution in [3.8, 4) is 5.75 Å². The molecule has 0 aliphatic rings. The molecule has 2 aromatic rings. The predicted molar refractivity (Wildman–Crippen MR) is 76.3 cm³/mol. The van der Waals surface area contributed by atoms with Crippen LogP contribution in [0.3, 0.4) is 0 Å². The summed E-state index contributed by atoms with van der Waals surface area (Å²) in [5.74, 6) is -0.0901. The third-order valence-corrected chi connectivity index (χ3v) is 3.12. The third-order valence-electron chi connectivity index (χ3n) is 2.81. The van der Waals surface area contributed by atoms with Crippen LogP contribution < -0.4 is 5.32 Å². The van der Waals surface area contributed by atoms with Gasteiger partial charge in [0.05, 0.1) is 10.7 Å². The SMILES string of the molecule is CC(Cc1ccc(O)cc1)Nc1ccc(F)cc1Cl. The number of hydrogen-bond acceptors (Lipinski definition) is 2. The summed E-state index contributed by atoms with van der Waals surface area (Å²) in [5.41, 5.74) is 1.82. The van der Waals surface area contributed by atoms with Crippen molar-refractivity contribution in [3.63, 3.8) is 0 Å². The van der Waals surface area contributed by atoms with Crippen molar-refractivity contribution in [1.82, 2.24) is 0 Å². The van der Waals surface area contributed by atoms with Crippen LogP contribution in [0.1, 0.15) is 12.5 Å². The number of anilines is 1. The standard InChI is InChI=1S/C15H15ClFNO/c1-10(8-11-2-5-13(19)6-3-11)18-15-7-4-12(17)9-14(15)16/h2-7,9-10,18-19H,8H2,1H3. The van der Waals surface area contributed by atoms with Crippen molar-refractivity contribution < 1.29 is 9.50 Å². The number of nitrogens with one attached hydrogen (secondary N) is 1. The highest BCUT2D eigenvalue weighted by Gasteiger charge is 2.07. The van der Waals surface area contributed by atoms with Gasteiger partial charge < -0.3 is 10.4 Å². The summed E-state index contributed by atoms with van der Waals surface area (Å²) in [4.78, 5) is 0. The zero-order valence-electron chi connectivity index (χ0n) is 10.5. The molecule has 0 bridgehead atoms. The van der Waals surface area contributed by atoms with E-state index >= 15 is 0 Å². The molecule has 0 amide bonds. The first-order chi connectivity index (χ1) is 9.04. The Bertz CT molecular complexity index is 557. The molecular weight excluding hydrogens is 265 g/mol. The number of phenols is 1. The van der Waals surface area contributed by atoms with Gasteiger partial charge in [-0.3, -0.25) is 0 Å². The summed E-state index contributed by atoms with van der Waals surface area (Å²) in [6.07, 6.45) is 0.786. The molecule has 2 aromatic carbocycles. The van der Waals surface area contributed by atoms with Crippen molar-refractivity contribution in [3.05, 3.63) is 58.9 Å². The first kappa shape index (κ1) is 13.7. The molecule has 0 saturated heterocycles. The van der Waals surface area contributed by atoms with Crippen molar-refractivity contribution in [2.45, 2.75) is 19.4 Å². The van der Waals surface area contributed by atoms with Gasteiger partial charge in [0, 0.05) is 6.04 Å². The fourth-order valence-corrected chi connectivity index (χ4v) is 2.13.